The lowest BCUT2D eigenvalue weighted by molar-refractivity contribution is -0.166. The number of hydrogen-bond donors (Lipinski definition) is 6. The molecule has 0 aromatic rings. The van der Waals surface area contributed by atoms with Crippen molar-refractivity contribution < 1.29 is 35.1 Å². The van der Waals surface area contributed by atoms with Crippen LogP contribution in [0.25, 0.3) is 0 Å². The van der Waals surface area contributed by atoms with Gasteiger partial charge in [0.1, 0.15) is 12.2 Å². The van der Waals surface area contributed by atoms with Crippen molar-refractivity contribution in [2.45, 2.75) is 115 Å². The van der Waals surface area contributed by atoms with Crippen LogP contribution >= 0.6 is 0 Å². The molecule has 0 aliphatic rings. The number of allylic oxidation sites excluding steroid dienone is 1. The minimum absolute atomic E-state index is 0.761. The third-order valence-electron chi connectivity index (χ3n) is 5.09. The van der Waals surface area contributed by atoms with E-state index in [9.17, 15) is 24.9 Å². The number of aliphatic carboxylic acids is 1. The Balaban J connectivity index is 3.71. The maximum Gasteiger partial charge on any atom is 0.335 e. The molecule has 0 aliphatic carbocycles. The van der Waals surface area contributed by atoms with Crippen LogP contribution in [-0.2, 0) is 9.59 Å². The van der Waals surface area contributed by atoms with Crippen molar-refractivity contribution in [1.82, 2.24) is 5.32 Å². The van der Waals surface area contributed by atoms with E-state index >= 15 is 0 Å². The Hall–Kier alpha value is -1.48. The van der Waals surface area contributed by atoms with Gasteiger partial charge < -0.3 is 30.8 Å². The second kappa shape index (κ2) is 18.3. The third-order valence-corrected chi connectivity index (χ3v) is 5.09. The van der Waals surface area contributed by atoms with Crippen LogP contribution in [0, 0.1) is 0 Å². The molecule has 6 N–H and O–H groups in total. The zero-order valence-corrected chi connectivity index (χ0v) is 18.2. The molecule has 8 heteroatoms. The maximum atomic E-state index is 11.7. The Bertz CT molecular complexity index is 484. The van der Waals surface area contributed by atoms with Crippen LogP contribution in [0.5, 0.6) is 0 Å². The lowest BCUT2D eigenvalue weighted by Crippen LogP contribution is -2.52. The molecule has 0 spiro atoms. The minimum atomic E-state index is -2.30. The zero-order valence-electron chi connectivity index (χ0n) is 18.2. The predicted octanol–water partition coefficient (Wildman–Crippen LogP) is 2.24. The molecule has 0 heterocycles. The summed E-state index contributed by atoms with van der Waals surface area (Å²) in [7, 11) is 0. The first kappa shape index (κ1) is 28.5. The summed E-state index contributed by atoms with van der Waals surface area (Å²) < 4.78 is 0. The number of carbonyl (C=O) groups excluding carboxylic acids is 1. The van der Waals surface area contributed by atoms with Gasteiger partial charge in [0.05, 0.1) is 0 Å². The summed E-state index contributed by atoms with van der Waals surface area (Å²) >= 11 is 0. The maximum absolute atomic E-state index is 11.7. The van der Waals surface area contributed by atoms with E-state index in [-0.39, 0.29) is 0 Å². The molecule has 0 aromatic heterocycles. The Labute approximate surface area is 180 Å². The smallest absolute Gasteiger partial charge is 0.335 e. The summed E-state index contributed by atoms with van der Waals surface area (Å²) in [4.78, 5) is 22.3. The normalized spacial score (nSPS) is 15.6. The fourth-order valence-electron chi connectivity index (χ4n) is 3.09. The van der Waals surface area contributed by atoms with E-state index in [1.807, 2.05) is 0 Å². The molecule has 0 rings (SSSR count). The van der Waals surface area contributed by atoms with Gasteiger partial charge in [-0.25, -0.2) is 4.79 Å². The van der Waals surface area contributed by atoms with Gasteiger partial charge in [-0.15, -0.1) is 0 Å². The first-order chi connectivity index (χ1) is 14.3. The zero-order chi connectivity index (χ0) is 22.8. The van der Waals surface area contributed by atoms with Crippen LogP contribution in [0.1, 0.15) is 90.4 Å². The number of carboxylic acids is 1. The largest absolute Gasteiger partial charge is 0.479 e. The average Bonchev–Trinajstić information content (AvgIpc) is 2.73. The van der Waals surface area contributed by atoms with Crippen LogP contribution in [0.3, 0.4) is 0 Å². The standard InChI is InChI=1S/C22H41NO7/c1-2-3-4-5-6-7-8-9-10-11-12-13-14-15-16-23-21(28)19(26)17(24)18(25)20(27)22(29)30/h15-20,24-27H,2-14H2,1H3,(H,23,28)(H,29,30). The molecule has 1 amide bonds. The Kier molecular flexibility index (Phi) is 17.4. The van der Waals surface area contributed by atoms with Crippen LogP contribution in [0.4, 0.5) is 0 Å². The molecule has 8 nitrogen and oxygen atoms in total. The third kappa shape index (κ3) is 13.7. The highest BCUT2D eigenvalue weighted by molar-refractivity contribution is 5.82. The summed E-state index contributed by atoms with van der Waals surface area (Å²) in [6.07, 6.45) is 10.3. The molecule has 0 aromatic carbocycles. The molecule has 0 saturated heterocycles. The number of rotatable bonds is 19. The van der Waals surface area contributed by atoms with E-state index in [1.165, 1.54) is 70.4 Å². The molecule has 0 saturated carbocycles. The summed E-state index contributed by atoms with van der Waals surface area (Å²) in [5, 5.41) is 48.6. The van der Waals surface area contributed by atoms with Crippen molar-refractivity contribution in [1.29, 1.82) is 0 Å². The van der Waals surface area contributed by atoms with Gasteiger partial charge in [0.15, 0.2) is 12.2 Å². The lowest BCUT2D eigenvalue weighted by atomic mass is 10.0. The number of aliphatic hydroxyl groups excluding tert-OH is 4. The first-order valence-corrected chi connectivity index (χ1v) is 11.2. The van der Waals surface area contributed by atoms with Gasteiger partial charge in [0.2, 0.25) is 0 Å². The van der Waals surface area contributed by atoms with Gasteiger partial charge in [0.25, 0.3) is 5.91 Å². The van der Waals surface area contributed by atoms with E-state index < -0.39 is 36.3 Å². The van der Waals surface area contributed by atoms with E-state index in [2.05, 4.69) is 12.2 Å². The van der Waals surface area contributed by atoms with E-state index in [0.717, 1.165) is 19.3 Å². The first-order valence-electron chi connectivity index (χ1n) is 11.2. The quantitative estimate of drug-likeness (QED) is 0.172. The van der Waals surface area contributed by atoms with Crippen LogP contribution in [0.2, 0.25) is 0 Å². The molecule has 4 atom stereocenters. The average molecular weight is 432 g/mol. The highest BCUT2D eigenvalue weighted by Crippen LogP contribution is 2.12. The molecule has 4 unspecified atom stereocenters. The van der Waals surface area contributed by atoms with E-state index in [0.29, 0.717) is 0 Å². The van der Waals surface area contributed by atoms with Crippen molar-refractivity contribution in [2.24, 2.45) is 0 Å². The fourth-order valence-corrected chi connectivity index (χ4v) is 3.09. The number of aliphatic hydroxyl groups is 4. The van der Waals surface area contributed by atoms with Crippen molar-refractivity contribution in [3.05, 3.63) is 12.3 Å². The summed E-state index contributed by atoms with van der Waals surface area (Å²) in [6.45, 7) is 2.23. The van der Waals surface area contributed by atoms with Crippen molar-refractivity contribution >= 4 is 11.9 Å². The lowest BCUT2D eigenvalue weighted by Gasteiger charge is -2.23. The van der Waals surface area contributed by atoms with Gasteiger partial charge in [-0.1, -0.05) is 83.6 Å². The highest BCUT2D eigenvalue weighted by atomic mass is 16.4. The SMILES string of the molecule is CCCCCCCCCCCCCCC=CNC(=O)C(O)C(O)C(O)C(O)C(=O)O. The molecular weight excluding hydrogens is 390 g/mol. The van der Waals surface area contributed by atoms with Gasteiger partial charge in [0, 0.05) is 0 Å². The topological polar surface area (TPSA) is 147 Å². The Morgan fingerprint density at radius 1 is 0.733 bits per heavy atom. The number of nitrogens with one attached hydrogen (secondary N) is 1. The second-order valence-electron chi connectivity index (χ2n) is 7.80. The molecule has 0 aliphatic heterocycles. The summed E-state index contributed by atoms with van der Waals surface area (Å²) in [5.41, 5.74) is 0. The van der Waals surface area contributed by atoms with Crippen molar-refractivity contribution in [3.8, 4) is 0 Å². The molecular formula is C22H41NO7. The molecule has 0 bridgehead atoms. The number of carbonyl (C=O) groups is 2. The van der Waals surface area contributed by atoms with Crippen molar-refractivity contribution in [3.63, 3.8) is 0 Å². The predicted molar refractivity (Wildman–Crippen MR) is 115 cm³/mol. The molecule has 0 fully saturated rings. The Morgan fingerprint density at radius 2 is 1.17 bits per heavy atom. The van der Waals surface area contributed by atoms with Crippen LogP contribution < -0.4 is 5.32 Å². The van der Waals surface area contributed by atoms with Gasteiger partial charge in [-0.3, -0.25) is 4.79 Å². The van der Waals surface area contributed by atoms with Gasteiger partial charge in [-0.2, -0.15) is 0 Å². The Morgan fingerprint density at radius 3 is 1.63 bits per heavy atom. The number of carboxylic acid groups (broad SMARTS) is 1. The monoisotopic (exact) mass is 431 g/mol. The fraction of sp³-hybridized carbons (Fsp3) is 0.818. The van der Waals surface area contributed by atoms with Crippen LogP contribution in [-0.4, -0.2) is 61.8 Å². The second-order valence-corrected chi connectivity index (χ2v) is 7.80. The van der Waals surface area contributed by atoms with E-state index in [1.54, 1.807) is 6.08 Å². The van der Waals surface area contributed by atoms with Gasteiger partial charge >= 0.3 is 5.97 Å². The van der Waals surface area contributed by atoms with E-state index in [4.69, 9.17) is 10.2 Å². The molecule has 0 radical (unpaired) electrons. The summed E-state index contributed by atoms with van der Waals surface area (Å²) in [6, 6.07) is 0. The van der Waals surface area contributed by atoms with Gasteiger partial charge in [-0.05, 0) is 19.0 Å². The molecule has 176 valence electrons. The number of hydrogen-bond acceptors (Lipinski definition) is 6. The number of amides is 1. The van der Waals surface area contributed by atoms with Crippen LogP contribution in [0.15, 0.2) is 12.3 Å². The molecule has 30 heavy (non-hydrogen) atoms. The summed E-state index contributed by atoms with van der Waals surface area (Å²) in [5.74, 6) is -2.76. The number of unbranched alkanes of at least 4 members (excludes halogenated alkanes) is 12. The minimum Gasteiger partial charge on any atom is -0.479 e. The van der Waals surface area contributed by atoms with Crippen molar-refractivity contribution in [2.75, 3.05) is 0 Å². The highest BCUT2D eigenvalue weighted by Gasteiger charge is 2.37.